The number of carbonyl (C=O) groups is 1. The Morgan fingerprint density at radius 2 is 2.09 bits per heavy atom. The summed E-state index contributed by atoms with van der Waals surface area (Å²) in [5, 5.41) is 0. The number of hydrogen-bond acceptors (Lipinski definition) is 4. The number of rotatable bonds is 4. The summed E-state index contributed by atoms with van der Waals surface area (Å²) in [5.74, 6) is 1.69. The fourth-order valence-electron chi connectivity index (χ4n) is 2.70. The molecule has 3 rings (SSSR count). The number of aromatic nitrogens is 1. The third-order valence-electron chi connectivity index (χ3n) is 4.19. The van der Waals surface area contributed by atoms with Gasteiger partial charge in [-0.1, -0.05) is 30.3 Å². The molecule has 1 amide bonds. The lowest BCUT2D eigenvalue weighted by atomic mass is 10.2. The predicted octanol–water partition coefficient (Wildman–Crippen LogP) is 2.05. The summed E-state index contributed by atoms with van der Waals surface area (Å²) in [6.45, 7) is 4.24. The lowest BCUT2D eigenvalue weighted by Crippen LogP contribution is -2.53. The number of likely N-dealkylation sites (N-methyl/N-ethyl adjacent to an activating group) is 1. The van der Waals surface area contributed by atoms with Crippen molar-refractivity contribution in [1.29, 1.82) is 0 Å². The van der Waals surface area contributed by atoms with Crippen LogP contribution in [-0.2, 0) is 11.2 Å². The summed E-state index contributed by atoms with van der Waals surface area (Å²) < 4.78 is 5.80. The van der Waals surface area contributed by atoms with Gasteiger partial charge in [0.1, 0.15) is 0 Å². The Morgan fingerprint density at radius 3 is 2.82 bits per heavy atom. The molecule has 0 radical (unpaired) electrons. The molecule has 5 heteroatoms. The van der Waals surface area contributed by atoms with E-state index >= 15 is 0 Å². The Kier molecular flexibility index (Phi) is 4.24. The minimum Gasteiger partial charge on any atom is -0.441 e. The van der Waals surface area contributed by atoms with Crippen LogP contribution in [0.25, 0.3) is 11.3 Å². The average molecular weight is 299 g/mol. The lowest BCUT2D eigenvalue weighted by molar-refractivity contribution is -0.137. The van der Waals surface area contributed by atoms with Crippen molar-refractivity contribution in [3.63, 3.8) is 0 Å². The molecule has 0 N–H and O–H groups in total. The van der Waals surface area contributed by atoms with Gasteiger partial charge in [0.25, 0.3) is 0 Å². The number of piperazine rings is 1. The molecule has 0 saturated carbocycles. The van der Waals surface area contributed by atoms with Gasteiger partial charge in [0.2, 0.25) is 5.91 Å². The zero-order valence-corrected chi connectivity index (χ0v) is 13.0. The van der Waals surface area contributed by atoms with Gasteiger partial charge in [-0.15, -0.1) is 0 Å². The molecule has 1 aliphatic rings. The zero-order valence-electron chi connectivity index (χ0n) is 13.0. The van der Waals surface area contributed by atoms with E-state index in [-0.39, 0.29) is 11.9 Å². The van der Waals surface area contributed by atoms with E-state index in [9.17, 15) is 4.79 Å². The summed E-state index contributed by atoms with van der Waals surface area (Å²) >= 11 is 0. The number of hydrogen-bond donors (Lipinski definition) is 0. The van der Waals surface area contributed by atoms with Crippen molar-refractivity contribution in [3.05, 3.63) is 42.4 Å². The molecule has 1 atom stereocenters. The Bertz CT molecular complexity index is 638. The fourth-order valence-corrected chi connectivity index (χ4v) is 2.70. The van der Waals surface area contributed by atoms with E-state index in [0.717, 1.165) is 36.7 Å². The second-order valence-electron chi connectivity index (χ2n) is 5.82. The lowest BCUT2D eigenvalue weighted by Gasteiger charge is -2.37. The van der Waals surface area contributed by atoms with Crippen molar-refractivity contribution in [1.82, 2.24) is 14.8 Å². The molecular weight excluding hydrogens is 278 g/mol. The van der Waals surface area contributed by atoms with Crippen LogP contribution in [0.5, 0.6) is 0 Å². The van der Waals surface area contributed by atoms with Crippen LogP contribution < -0.4 is 0 Å². The Morgan fingerprint density at radius 1 is 1.32 bits per heavy atom. The second kappa shape index (κ2) is 6.32. The van der Waals surface area contributed by atoms with Crippen molar-refractivity contribution in [2.24, 2.45) is 0 Å². The van der Waals surface area contributed by atoms with Gasteiger partial charge >= 0.3 is 0 Å². The highest BCUT2D eigenvalue weighted by molar-refractivity contribution is 5.79. The van der Waals surface area contributed by atoms with E-state index in [1.54, 1.807) is 6.20 Å². The molecule has 0 aliphatic carbocycles. The molecule has 1 unspecified atom stereocenters. The van der Waals surface area contributed by atoms with Crippen LogP contribution in [-0.4, -0.2) is 53.4 Å². The maximum Gasteiger partial charge on any atom is 0.236 e. The largest absolute Gasteiger partial charge is 0.441 e. The third-order valence-corrected chi connectivity index (χ3v) is 4.19. The molecule has 2 heterocycles. The first kappa shape index (κ1) is 14.8. The molecule has 5 nitrogen and oxygen atoms in total. The van der Waals surface area contributed by atoms with Crippen LogP contribution in [0.4, 0.5) is 0 Å². The number of amides is 1. The van der Waals surface area contributed by atoms with Crippen molar-refractivity contribution < 1.29 is 9.21 Å². The van der Waals surface area contributed by atoms with E-state index in [4.69, 9.17) is 4.42 Å². The van der Waals surface area contributed by atoms with Crippen molar-refractivity contribution >= 4 is 5.91 Å². The molecule has 1 saturated heterocycles. The quantitative estimate of drug-likeness (QED) is 0.867. The number of benzene rings is 1. The molecule has 0 bridgehead atoms. The summed E-state index contributed by atoms with van der Waals surface area (Å²) in [4.78, 5) is 20.2. The molecule has 22 heavy (non-hydrogen) atoms. The summed E-state index contributed by atoms with van der Waals surface area (Å²) in [5.41, 5.74) is 1.03. The van der Waals surface area contributed by atoms with Crippen LogP contribution in [0.3, 0.4) is 0 Å². The van der Waals surface area contributed by atoms with Crippen LogP contribution in [0.2, 0.25) is 0 Å². The number of carbonyl (C=O) groups excluding carboxylic acids is 1. The van der Waals surface area contributed by atoms with E-state index < -0.39 is 0 Å². The highest BCUT2D eigenvalue weighted by Crippen LogP contribution is 2.20. The molecule has 2 aromatic rings. The smallest absolute Gasteiger partial charge is 0.236 e. The van der Waals surface area contributed by atoms with Gasteiger partial charge in [-0.25, -0.2) is 4.98 Å². The molecule has 1 aromatic heterocycles. The first-order valence-corrected chi connectivity index (χ1v) is 7.61. The summed E-state index contributed by atoms with van der Waals surface area (Å²) in [6.07, 6.45) is 2.49. The normalized spacial score (nSPS) is 19.6. The topological polar surface area (TPSA) is 49.6 Å². The molecule has 116 valence electrons. The maximum atomic E-state index is 11.9. The second-order valence-corrected chi connectivity index (χ2v) is 5.82. The fraction of sp³-hybridized carbons (Fsp3) is 0.412. The summed E-state index contributed by atoms with van der Waals surface area (Å²) in [6, 6.07) is 10.2. The van der Waals surface area contributed by atoms with Crippen LogP contribution in [0.1, 0.15) is 12.8 Å². The minimum atomic E-state index is 0.177. The first-order valence-electron chi connectivity index (χ1n) is 7.61. The minimum absolute atomic E-state index is 0.177. The van der Waals surface area contributed by atoms with E-state index in [1.165, 1.54) is 0 Å². The van der Waals surface area contributed by atoms with Crippen molar-refractivity contribution in [2.45, 2.75) is 19.4 Å². The van der Waals surface area contributed by atoms with Crippen LogP contribution in [0.15, 0.2) is 40.9 Å². The van der Waals surface area contributed by atoms with Crippen LogP contribution in [0, 0.1) is 0 Å². The van der Waals surface area contributed by atoms with Gasteiger partial charge < -0.3 is 9.32 Å². The highest BCUT2D eigenvalue weighted by atomic mass is 16.4. The molecule has 1 aromatic carbocycles. The van der Waals surface area contributed by atoms with Gasteiger partial charge in [-0.2, -0.15) is 0 Å². The predicted molar refractivity (Wildman–Crippen MR) is 84.3 cm³/mol. The van der Waals surface area contributed by atoms with Crippen molar-refractivity contribution in [2.75, 3.05) is 26.7 Å². The van der Waals surface area contributed by atoms with Gasteiger partial charge in [-0.3, -0.25) is 9.69 Å². The van der Waals surface area contributed by atoms with E-state index in [0.29, 0.717) is 6.54 Å². The molecular formula is C17H21N3O2. The Hall–Kier alpha value is -2.14. The van der Waals surface area contributed by atoms with Gasteiger partial charge in [0, 0.05) is 38.2 Å². The van der Waals surface area contributed by atoms with Crippen molar-refractivity contribution in [3.8, 4) is 11.3 Å². The molecule has 1 fully saturated rings. The standard InChI is InChI=1S/C17H21N3O2/c1-13-11-20(12-17(21)19(13)2)9-8-16-18-10-15(22-16)14-6-4-3-5-7-14/h3-7,10,13H,8-9,11-12H2,1-2H3. The highest BCUT2D eigenvalue weighted by Gasteiger charge is 2.26. The van der Waals surface area contributed by atoms with Gasteiger partial charge in [-0.05, 0) is 6.92 Å². The van der Waals surface area contributed by atoms with E-state index in [2.05, 4.69) is 16.8 Å². The average Bonchev–Trinajstić information content (AvgIpc) is 3.00. The van der Waals surface area contributed by atoms with Crippen LogP contribution >= 0.6 is 0 Å². The first-order chi connectivity index (χ1) is 10.6. The number of oxazole rings is 1. The van der Waals surface area contributed by atoms with Gasteiger partial charge in [0.05, 0.1) is 12.7 Å². The summed E-state index contributed by atoms with van der Waals surface area (Å²) in [7, 11) is 1.87. The third kappa shape index (κ3) is 3.20. The zero-order chi connectivity index (χ0) is 15.5. The number of nitrogens with zero attached hydrogens (tertiary/aromatic N) is 3. The Labute approximate surface area is 130 Å². The van der Waals surface area contributed by atoms with Gasteiger partial charge in [0.15, 0.2) is 11.7 Å². The molecule has 0 spiro atoms. The SMILES string of the molecule is CC1CN(CCc2ncc(-c3ccccc3)o2)CC(=O)N1C. The Balaban J connectivity index is 1.59. The molecule has 1 aliphatic heterocycles. The van der Waals surface area contributed by atoms with E-state index in [1.807, 2.05) is 42.3 Å². The monoisotopic (exact) mass is 299 g/mol. The maximum absolute atomic E-state index is 11.9.